The first-order valence-corrected chi connectivity index (χ1v) is 7.82. The van der Waals surface area contributed by atoms with E-state index < -0.39 is 10.0 Å². The quantitative estimate of drug-likeness (QED) is 0.502. The summed E-state index contributed by atoms with van der Waals surface area (Å²) in [6.07, 6.45) is 5.05. The Bertz CT molecular complexity index is 685. The van der Waals surface area contributed by atoms with Gasteiger partial charge in [0.05, 0.1) is 6.54 Å². The van der Waals surface area contributed by atoms with Gasteiger partial charge in [-0.25, -0.2) is 13.8 Å². The molecule has 0 atom stereocenters. The van der Waals surface area contributed by atoms with E-state index in [0.717, 1.165) is 5.56 Å². The Kier molecular flexibility index (Phi) is 4.35. The highest BCUT2D eigenvalue weighted by atomic mass is 32.2. The SMILES string of the molecule is C#CCNNS(=O)(=O)c1sccc1-c1ccccc1. The van der Waals surface area contributed by atoms with Crippen LogP contribution in [0.4, 0.5) is 0 Å². The summed E-state index contributed by atoms with van der Waals surface area (Å²) in [5.74, 6) is 2.30. The number of hydrogen-bond donors (Lipinski definition) is 2. The van der Waals surface area contributed by atoms with Gasteiger partial charge in [-0.1, -0.05) is 36.3 Å². The number of nitrogens with one attached hydrogen (secondary N) is 2. The molecule has 0 bridgehead atoms. The molecule has 0 saturated heterocycles. The highest BCUT2D eigenvalue weighted by Gasteiger charge is 2.20. The fraction of sp³-hybridized carbons (Fsp3) is 0.0769. The standard InChI is InChI=1S/C13H12N2O2S2/c1-2-9-14-15-19(16,17)13-12(8-10-18-13)11-6-4-3-5-7-11/h1,3-8,10,14-15H,9H2. The summed E-state index contributed by atoms with van der Waals surface area (Å²) in [6, 6.07) is 11.2. The first kappa shape index (κ1) is 13.8. The molecule has 0 aliphatic heterocycles. The highest BCUT2D eigenvalue weighted by Crippen LogP contribution is 2.31. The van der Waals surface area contributed by atoms with Gasteiger partial charge >= 0.3 is 0 Å². The van der Waals surface area contributed by atoms with Crippen LogP contribution in [0, 0.1) is 12.3 Å². The number of sulfonamides is 1. The maximum atomic E-state index is 12.1. The molecule has 19 heavy (non-hydrogen) atoms. The molecule has 0 amide bonds. The average Bonchev–Trinajstić information content (AvgIpc) is 2.90. The van der Waals surface area contributed by atoms with Crippen LogP contribution in [0.25, 0.3) is 11.1 Å². The molecule has 0 radical (unpaired) electrons. The van der Waals surface area contributed by atoms with E-state index in [1.807, 2.05) is 30.3 Å². The lowest BCUT2D eigenvalue weighted by Crippen LogP contribution is -2.37. The van der Waals surface area contributed by atoms with Crippen LogP contribution in [-0.2, 0) is 10.0 Å². The molecule has 0 unspecified atom stereocenters. The molecule has 0 aliphatic rings. The molecule has 2 aromatic rings. The van der Waals surface area contributed by atoms with Gasteiger partial charge in [0.2, 0.25) is 0 Å². The topological polar surface area (TPSA) is 58.2 Å². The Morgan fingerprint density at radius 3 is 2.63 bits per heavy atom. The first-order valence-electron chi connectivity index (χ1n) is 5.46. The Morgan fingerprint density at radius 2 is 1.95 bits per heavy atom. The Labute approximate surface area is 116 Å². The molecule has 0 spiro atoms. The lowest BCUT2D eigenvalue weighted by Gasteiger charge is -2.07. The maximum absolute atomic E-state index is 12.1. The van der Waals surface area contributed by atoms with Crippen molar-refractivity contribution in [2.75, 3.05) is 6.54 Å². The summed E-state index contributed by atoms with van der Waals surface area (Å²) in [6.45, 7) is 0.130. The summed E-state index contributed by atoms with van der Waals surface area (Å²) < 4.78 is 24.5. The van der Waals surface area contributed by atoms with Crippen LogP contribution >= 0.6 is 11.3 Å². The second-order valence-electron chi connectivity index (χ2n) is 3.65. The van der Waals surface area contributed by atoms with Gasteiger partial charge in [0, 0.05) is 5.56 Å². The van der Waals surface area contributed by atoms with E-state index in [0.29, 0.717) is 5.56 Å². The van der Waals surface area contributed by atoms with Crippen molar-refractivity contribution in [2.45, 2.75) is 4.21 Å². The van der Waals surface area contributed by atoms with E-state index in [9.17, 15) is 8.42 Å². The average molecular weight is 292 g/mol. The minimum Gasteiger partial charge on any atom is -0.232 e. The smallest absolute Gasteiger partial charge is 0.232 e. The molecule has 98 valence electrons. The second kappa shape index (κ2) is 5.99. The van der Waals surface area contributed by atoms with Crippen LogP contribution in [0.5, 0.6) is 0 Å². The zero-order valence-corrected chi connectivity index (χ0v) is 11.6. The molecule has 2 rings (SSSR count). The normalized spacial score (nSPS) is 11.1. The van der Waals surface area contributed by atoms with Gasteiger partial charge in [-0.05, 0) is 17.0 Å². The van der Waals surface area contributed by atoms with E-state index in [4.69, 9.17) is 6.42 Å². The van der Waals surface area contributed by atoms with E-state index >= 15 is 0 Å². The van der Waals surface area contributed by atoms with Crippen molar-refractivity contribution in [1.82, 2.24) is 10.3 Å². The Balaban J connectivity index is 2.33. The molecule has 2 N–H and O–H groups in total. The summed E-state index contributed by atoms with van der Waals surface area (Å²) in [4.78, 5) is 2.26. The van der Waals surface area contributed by atoms with Crippen molar-refractivity contribution >= 4 is 21.4 Å². The highest BCUT2D eigenvalue weighted by molar-refractivity contribution is 7.91. The van der Waals surface area contributed by atoms with E-state index in [2.05, 4.69) is 16.2 Å². The van der Waals surface area contributed by atoms with Crippen molar-refractivity contribution in [2.24, 2.45) is 0 Å². The predicted molar refractivity (Wildman–Crippen MR) is 76.9 cm³/mol. The van der Waals surface area contributed by atoms with Crippen LogP contribution in [0.2, 0.25) is 0 Å². The molecule has 0 fully saturated rings. The maximum Gasteiger partial charge on any atom is 0.263 e. The van der Waals surface area contributed by atoms with Crippen molar-refractivity contribution < 1.29 is 8.42 Å². The third-order valence-electron chi connectivity index (χ3n) is 2.36. The lowest BCUT2D eigenvalue weighted by molar-refractivity contribution is 0.568. The van der Waals surface area contributed by atoms with Gasteiger partial charge in [0.15, 0.2) is 0 Å². The molecular formula is C13H12N2O2S2. The van der Waals surface area contributed by atoms with E-state index in [1.165, 1.54) is 11.3 Å². The fourth-order valence-corrected chi connectivity index (χ4v) is 3.83. The number of hydrazine groups is 1. The van der Waals surface area contributed by atoms with Gasteiger partial charge in [-0.3, -0.25) is 0 Å². The Morgan fingerprint density at radius 1 is 1.21 bits per heavy atom. The lowest BCUT2D eigenvalue weighted by atomic mass is 10.1. The van der Waals surface area contributed by atoms with Crippen molar-refractivity contribution in [3.63, 3.8) is 0 Å². The summed E-state index contributed by atoms with van der Waals surface area (Å²) in [7, 11) is -3.61. The van der Waals surface area contributed by atoms with Crippen LogP contribution in [0.15, 0.2) is 46.0 Å². The van der Waals surface area contributed by atoms with E-state index in [-0.39, 0.29) is 10.8 Å². The summed E-state index contributed by atoms with van der Waals surface area (Å²) in [5, 5.41) is 1.75. The number of thiophene rings is 1. The third kappa shape index (κ3) is 3.22. The van der Waals surface area contributed by atoms with Crippen LogP contribution in [0.1, 0.15) is 0 Å². The monoisotopic (exact) mass is 292 g/mol. The zero-order chi connectivity index (χ0) is 13.7. The molecule has 1 aromatic carbocycles. The van der Waals surface area contributed by atoms with E-state index in [1.54, 1.807) is 11.4 Å². The largest absolute Gasteiger partial charge is 0.263 e. The van der Waals surface area contributed by atoms with Gasteiger partial charge < -0.3 is 0 Å². The number of terminal acetylenes is 1. The van der Waals surface area contributed by atoms with Crippen LogP contribution < -0.4 is 10.3 Å². The van der Waals surface area contributed by atoms with Gasteiger partial charge in [-0.15, -0.1) is 22.6 Å². The molecule has 4 nitrogen and oxygen atoms in total. The minimum absolute atomic E-state index is 0.130. The fourth-order valence-electron chi connectivity index (χ4n) is 1.56. The molecular weight excluding hydrogens is 280 g/mol. The third-order valence-corrected chi connectivity index (χ3v) is 5.13. The Hall–Kier alpha value is -1.65. The molecule has 0 saturated carbocycles. The summed E-state index contributed by atoms with van der Waals surface area (Å²) in [5.41, 5.74) is 4.02. The first-order chi connectivity index (χ1) is 9.15. The molecule has 0 aliphatic carbocycles. The minimum atomic E-state index is -3.61. The predicted octanol–water partition coefficient (Wildman–Crippen LogP) is 1.83. The van der Waals surface area contributed by atoms with Crippen molar-refractivity contribution in [3.8, 4) is 23.5 Å². The number of rotatable bonds is 5. The number of hydrogen-bond acceptors (Lipinski definition) is 4. The van der Waals surface area contributed by atoms with Crippen LogP contribution in [0.3, 0.4) is 0 Å². The molecule has 6 heteroatoms. The van der Waals surface area contributed by atoms with Gasteiger partial charge in [0.25, 0.3) is 10.0 Å². The second-order valence-corrected chi connectivity index (χ2v) is 6.44. The van der Waals surface area contributed by atoms with Crippen LogP contribution in [-0.4, -0.2) is 15.0 Å². The zero-order valence-electron chi connectivity index (χ0n) is 9.96. The van der Waals surface area contributed by atoms with Gasteiger partial charge in [-0.2, -0.15) is 0 Å². The van der Waals surface area contributed by atoms with Gasteiger partial charge in [0.1, 0.15) is 4.21 Å². The van der Waals surface area contributed by atoms with Crippen molar-refractivity contribution in [1.29, 1.82) is 0 Å². The molecule has 1 heterocycles. The summed E-state index contributed by atoms with van der Waals surface area (Å²) >= 11 is 1.17. The van der Waals surface area contributed by atoms with Crippen molar-refractivity contribution in [3.05, 3.63) is 41.8 Å². The molecule has 1 aromatic heterocycles. The number of benzene rings is 1.